The van der Waals surface area contributed by atoms with Crippen molar-refractivity contribution < 1.29 is 9.63 Å². The summed E-state index contributed by atoms with van der Waals surface area (Å²) in [4.78, 5) is 15.2. The molecule has 0 aliphatic heterocycles. The fourth-order valence-corrected chi connectivity index (χ4v) is 0.812. The van der Waals surface area contributed by atoms with Crippen molar-refractivity contribution in [3.63, 3.8) is 0 Å². The van der Waals surface area contributed by atoms with Crippen molar-refractivity contribution in [1.82, 2.24) is 5.48 Å². The van der Waals surface area contributed by atoms with Crippen molar-refractivity contribution in [1.29, 1.82) is 0 Å². The third kappa shape index (κ3) is 3.69. The average molecular weight is 166 g/mol. The van der Waals surface area contributed by atoms with Crippen LogP contribution in [-0.2, 0) is 9.63 Å². The monoisotopic (exact) mass is 165 g/mol. The highest BCUT2D eigenvalue weighted by Gasteiger charge is 2.12. The molecule has 1 atom stereocenters. The van der Waals surface area contributed by atoms with E-state index < -0.39 is 5.38 Å². The van der Waals surface area contributed by atoms with Crippen LogP contribution in [0.4, 0.5) is 0 Å². The number of carbonyl (C=O) groups is 1. The molecule has 0 fully saturated rings. The minimum atomic E-state index is -0.468. The summed E-state index contributed by atoms with van der Waals surface area (Å²) < 4.78 is 0. The summed E-state index contributed by atoms with van der Waals surface area (Å²) in [6.45, 7) is 1.97. The molecule has 3 nitrogen and oxygen atoms in total. The summed E-state index contributed by atoms with van der Waals surface area (Å²) >= 11 is 5.62. The Kier molecular flexibility index (Phi) is 5.35. The Balaban J connectivity index is 3.49. The summed E-state index contributed by atoms with van der Waals surface area (Å²) in [5.41, 5.74) is 2.16. The summed E-state index contributed by atoms with van der Waals surface area (Å²) in [6, 6.07) is 0. The highest BCUT2D eigenvalue weighted by atomic mass is 35.5. The molecule has 0 rings (SSSR count). The SMILES string of the molecule is CCCC(Cl)C(=O)NOC. The predicted molar refractivity (Wildman–Crippen MR) is 39.7 cm³/mol. The van der Waals surface area contributed by atoms with E-state index in [0.29, 0.717) is 6.42 Å². The standard InChI is InChI=1S/C6H12ClNO2/c1-3-4-5(7)6(9)8-10-2/h5H,3-4H2,1-2H3,(H,8,9). The number of halogens is 1. The summed E-state index contributed by atoms with van der Waals surface area (Å²) in [5, 5.41) is -0.468. The van der Waals surface area contributed by atoms with E-state index in [0.717, 1.165) is 6.42 Å². The Morgan fingerprint density at radius 3 is 2.80 bits per heavy atom. The molecular weight excluding hydrogens is 154 g/mol. The Morgan fingerprint density at radius 2 is 2.40 bits per heavy atom. The van der Waals surface area contributed by atoms with Crippen molar-refractivity contribution in [2.75, 3.05) is 7.11 Å². The largest absolute Gasteiger partial charge is 0.277 e. The second kappa shape index (κ2) is 5.50. The zero-order chi connectivity index (χ0) is 7.98. The lowest BCUT2D eigenvalue weighted by atomic mass is 10.2. The van der Waals surface area contributed by atoms with Crippen LogP contribution in [0.5, 0.6) is 0 Å². The molecule has 0 heterocycles. The number of hydrogen-bond donors (Lipinski definition) is 1. The van der Waals surface area contributed by atoms with E-state index in [2.05, 4.69) is 10.3 Å². The van der Waals surface area contributed by atoms with Gasteiger partial charge in [0.05, 0.1) is 7.11 Å². The van der Waals surface area contributed by atoms with Gasteiger partial charge in [0.1, 0.15) is 5.38 Å². The number of amides is 1. The first-order valence-corrected chi connectivity index (χ1v) is 3.63. The molecule has 10 heavy (non-hydrogen) atoms. The maximum absolute atomic E-state index is 10.8. The van der Waals surface area contributed by atoms with Crippen molar-refractivity contribution in [2.45, 2.75) is 25.1 Å². The second-order valence-corrected chi connectivity index (χ2v) is 2.45. The fraction of sp³-hybridized carbons (Fsp3) is 0.833. The molecule has 1 unspecified atom stereocenters. The number of hydroxylamine groups is 1. The van der Waals surface area contributed by atoms with Crippen LogP contribution < -0.4 is 5.48 Å². The number of carbonyl (C=O) groups excluding carboxylic acids is 1. The summed E-state index contributed by atoms with van der Waals surface area (Å²) in [6.07, 6.45) is 1.57. The van der Waals surface area contributed by atoms with E-state index in [4.69, 9.17) is 11.6 Å². The first kappa shape index (κ1) is 9.72. The lowest BCUT2D eigenvalue weighted by Crippen LogP contribution is -2.30. The van der Waals surface area contributed by atoms with Gasteiger partial charge in [0.25, 0.3) is 5.91 Å². The van der Waals surface area contributed by atoms with Crippen LogP contribution in [0, 0.1) is 0 Å². The van der Waals surface area contributed by atoms with Gasteiger partial charge in [0.15, 0.2) is 0 Å². The smallest absolute Gasteiger partial charge is 0.261 e. The van der Waals surface area contributed by atoms with E-state index in [1.165, 1.54) is 7.11 Å². The molecule has 0 saturated carbocycles. The minimum absolute atomic E-state index is 0.272. The molecule has 0 bridgehead atoms. The third-order valence-corrected chi connectivity index (χ3v) is 1.45. The first-order chi connectivity index (χ1) is 4.72. The highest BCUT2D eigenvalue weighted by Crippen LogP contribution is 2.04. The van der Waals surface area contributed by atoms with E-state index in [-0.39, 0.29) is 5.91 Å². The van der Waals surface area contributed by atoms with Crippen LogP contribution in [0.25, 0.3) is 0 Å². The molecule has 4 heteroatoms. The molecule has 0 spiro atoms. The lowest BCUT2D eigenvalue weighted by Gasteiger charge is -2.05. The maximum atomic E-state index is 10.8. The minimum Gasteiger partial charge on any atom is -0.277 e. The van der Waals surface area contributed by atoms with E-state index in [9.17, 15) is 4.79 Å². The normalized spacial score (nSPS) is 12.7. The van der Waals surface area contributed by atoms with Gasteiger partial charge in [-0.15, -0.1) is 11.6 Å². The van der Waals surface area contributed by atoms with Crippen molar-refractivity contribution in [2.24, 2.45) is 0 Å². The molecule has 1 N–H and O–H groups in total. The third-order valence-electron chi connectivity index (χ3n) is 1.03. The van der Waals surface area contributed by atoms with Crippen LogP contribution in [0.2, 0.25) is 0 Å². The summed E-state index contributed by atoms with van der Waals surface area (Å²) in [5.74, 6) is -0.272. The molecule has 0 aromatic rings. The second-order valence-electron chi connectivity index (χ2n) is 1.93. The molecule has 0 aromatic carbocycles. The zero-order valence-electron chi connectivity index (χ0n) is 6.19. The van der Waals surface area contributed by atoms with Gasteiger partial charge in [-0.3, -0.25) is 9.63 Å². The van der Waals surface area contributed by atoms with Crippen LogP contribution >= 0.6 is 11.6 Å². The van der Waals surface area contributed by atoms with Gasteiger partial charge >= 0.3 is 0 Å². The average Bonchev–Trinajstić information content (AvgIpc) is 1.89. The molecule has 60 valence electrons. The van der Waals surface area contributed by atoms with E-state index in [1.807, 2.05) is 6.92 Å². The van der Waals surface area contributed by atoms with Crippen LogP contribution in [0.1, 0.15) is 19.8 Å². The van der Waals surface area contributed by atoms with Gasteiger partial charge < -0.3 is 0 Å². The van der Waals surface area contributed by atoms with Gasteiger partial charge in [0, 0.05) is 0 Å². The van der Waals surface area contributed by atoms with E-state index >= 15 is 0 Å². The Morgan fingerprint density at radius 1 is 1.80 bits per heavy atom. The fourth-order valence-electron chi connectivity index (χ4n) is 0.549. The quantitative estimate of drug-likeness (QED) is 0.500. The Hall–Kier alpha value is -0.280. The molecule has 1 amide bonds. The molecule has 0 saturated heterocycles. The van der Waals surface area contributed by atoms with Gasteiger partial charge in [0.2, 0.25) is 0 Å². The topological polar surface area (TPSA) is 38.3 Å². The molecule has 0 aliphatic carbocycles. The molecule has 0 aliphatic rings. The van der Waals surface area contributed by atoms with Gasteiger partial charge in [-0.05, 0) is 6.42 Å². The van der Waals surface area contributed by atoms with Crippen molar-refractivity contribution in [3.05, 3.63) is 0 Å². The van der Waals surface area contributed by atoms with Gasteiger partial charge in [-0.25, -0.2) is 5.48 Å². The molecule has 0 aromatic heterocycles. The predicted octanol–water partition coefficient (Wildman–Crippen LogP) is 1.07. The van der Waals surface area contributed by atoms with Crippen LogP contribution in [0.3, 0.4) is 0 Å². The number of nitrogens with one attached hydrogen (secondary N) is 1. The summed E-state index contributed by atoms with van der Waals surface area (Å²) in [7, 11) is 1.38. The Labute approximate surface area is 65.6 Å². The number of rotatable bonds is 4. The van der Waals surface area contributed by atoms with Crippen molar-refractivity contribution >= 4 is 17.5 Å². The zero-order valence-corrected chi connectivity index (χ0v) is 6.94. The van der Waals surface area contributed by atoms with Gasteiger partial charge in [-0.2, -0.15) is 0 Å². The van der Waals surface area contributed by atoms with E-state index in [1.54, 1.807) is 0 Å². The first-order valence-electron chi connectivity index (χ1n) is 3.19. The highest BCUT2D eigenvalue weighted by molar-refractivity contribution is 6.30. The van der Waals surface area contributed by atoms with Crippen LogP contribution in [0.15, 0.2) is 0 Å². The Bertz CT molecular complexity index is 108. The number of alkyl halides is 1. The molecule has 0 radical (unpaired) electrons. The lowest BCUT2D eigenvalue weighted by molar-refractivity contribution is -0.131. The number of hydrogen-bond acceptors (Lipinski definition) is 2. The maximum Gasteiger partial charge on any atom is 0.261 e. The molecular formula is C6H12ClNO2. The van der Waals surface area contributed by atoms with Gasteiger partial charge in [-0.1, -0.05) is 13.3 Å². The van der Waals surface area contributed by atoms with Crippen molar-refractivity contribution in [3.8, 4) is 0 Å². The van der Waals surface area contributed by atoms with Crippen LogP contribution in [-0.4, -0.2) is 18.4 Å².